The first-order valence-corrected chi connectivity index (χ1v) is 12.1. The lowest BCUT2D eigenvalue weighted by Crippen LogP contribution is -2.46. The summed E-state index contributed by atoms with van der Waals surface area (Å²) >= 11 is 5.86. The van der Waals surface area contributed by atoms with Gasteiger partial charge in [-0.2, -0.15) is 0 Å². The third-order valence-corrected chi connectivity index (χ3v) is 6.70. The summed E-state index contributed by atoms with van der Waals surface area (Å²) in [5.74, 6) is -1.09. The van der Waals surface area contributed by atoms with Gasteiger partial charge in [0, 0.05) is 24.7 Å². The maximum absolute atomic E-state index is 12.9. The minimum atomic E-state index is -4.03. The highest BCUT2D eigenvalue weighted by molar-refractivity contribution is 7.89. The van der Waals surface area contributed by atoms with Crippen molar-refractivity contribution in [3.63, 3.8) is 0 Å². The van der Waals surface area contributed by atoms with E-state index in [1.54, 1.807) is 29.2 Å². The Morgan fingerprint density at radius 2 is 1.82 bits per heavy atom. The summed E-state index contributed by atoms with van der Waals surface area (Å²) in [5.41, 5.74) is 0.678. The van der Waals surface area contributed by atoms with Crippen LogP contribution in [0.5, 0.6) is 5.75 Å². The summed E-state index contributed by atoms with van der Waals surface area (Å²) in [6.45, 7) is 3.19. The first kappa shape index (κ1) is 25.0. The van der Waals surface area contributed by atoms with Crippen LogP contribution in [0.3, 0.4) is 0 Å². The highest BCUT2D eigenvalue weighted by Crippen LogP contribution is 2.26. The van der Waals surface area contributed by atoms with Gasteiger partial charge < -0.3 is 19.1 Å². The summed E-state index contributed by atoms with van der Waals surface area (Å²) < 4.78 is 44.0. The van der Waals surface area contributed by atoms with Crippen LogP contribution >= 0.6 is 11.6 Å². The molecule has 2 aromatic rings. The molecule has 9 nitrogen and oxygen atoms in total. The van der Waals surface area contributed by atoms with Crippen molar-refractivity contribution >= 4 is 33.5 Å². The van der Waals surface area contributed by atoms with E-state index in [2.05, 4.69) is 4.72 Å². The van der Waals surface area contributed by atoms with Crippen molar-refractivity contribution in [2.45, 2.75) is 24.5 Å². The number of hydrogen-bond donors (Lipinski definition) is 1. The maximum Gasteiger partial charge on any atom is 0.338 e. The fourth-order valence-corrected chi connectivity index (χ4v) is 4.53. The highest BCUT2D eigenvalue weighted by atomic mass is 35.5. The van der Waals surface area contributed by atoms with Gasteiger partial charge in [0.25, 0.3) is 5.91 Å². The number of ether oxygens (including phenoxy) is 3. The van der Waals surface area contributed by atoms with Gasteiger partial charge in [0.05, 0.1) is 25.9 Å². The smallest absolute Gasteiger partial charge is 0.338 e. The quantitative estimate of drug-likeness (QED) is 0.558. The van der Waals surface area contributed by atoms with E-state index in [1.807, 2.05) is 0 Å². The summed E-state index contributed by atoms with van der Waals surface area (Å²) in [4.78, 5) is 26.5. The molecule has 0 spiro atoms. The highest BCUT2D eigenvalue weighted by Gasteiger charge is 2.27. The Hall–Kier alpha value is -2.66. The zero-order valence-electron chi connectivity index (χ0n) is 18.2. The number of nitrogens with zero attached hydrogens (tertiary/aromatic N) is 1. The Kier molecular flexibility index (Phi) is 8.30. The molecule has 1 amide bonds. The number of amides is 1. The Labute approximate surface area is 197 Å². The third kappa shape index (κ3) is 6.44. The molecule has 33 heavy (non-hydrogen) atoms. The van der Waals surface area contributed by atoms with Crippen LogP contribution < -0.4 is 9.46 Å². The molecule has 0 bridgehead atoms. The molecule has 0 radical (unpaired) electrons. The number of hydrogen-bond acceptors (Lipinski definition) is 7. The van der Waals surface area contributed by atoms with Crippen LogP contribution in [-0.4, -0.2) is 64.7 Å². The van der Waals surface area contributed by atoms with E-state index < -0.39 is 22.1 Å². The topological polar surface area (TPSA) is 111 Å². The molecule has 0 saturated carbocycles. The van der Waals surface area contributed by atoms with Crippen LogP contribution in [0.2, 0.25) is 5.02 Å². The van der Waals surface area contributed by atoms with Crippen LogP contribution in [0.25, 0.3) is 0 Å². The lowest BCUT2D eigenvalue weighted by atomic mass is 10.2. The van der Waals surface area contributed by atoms with Crippen LogP contribution in [0, 0.1) is 0 Å². The number of benzene rings is 2. The summed E-state index contributed by atoms with van der Waals surface area (Å²) in [7, 11) is -2.71. The number of sulfonamides is 1. The zero-order chi connectivity index (χ0) is 24.0. The van der Waals surface area contributed by atoms with E-state index in [4.69, 9.17) is 25.8 Å². The molecule has 1 N–H and O–H groups in total. The average molecular weight is 497 g/mol. The fraction of sp³-hybridized carbons (Fsp3) is 0.364. The minimum Gasteiger partial charge on any atom is -0.495 e. The molecule has 1 unspecified atom stereocenters. The SMILES string of the molecule is COc1ccc(C(=O)OC(C)C(=O)N2CCOCC2)cc1S(=O)(=O)NCc1ccc(Cl)cc1. The number of rotatable bonds is 8. The van der Waals surface area contributed by atoms with E-state index in [0.717, 1.165) is 6.07 Å². The Bertz CT molecular complexity index is 1100. The molecule has 1 fully saturated rings. The van der Waals surface area contributed by atoms with Gasteiger partial charge in [-0.05, 0) is 42.8 Å². The number of morpholine rings is 1. The van der Waals surface area contributed by atoms with Gasteiger partial charge in [0.1, 0.15) is 10.6 Å². The summed E-state index contributed by atoms with van der Waals surface area (Å²) in [6.07, 6.45) is -1.03. The second-order valence-electron chi connectivity index (χ2n) is 7.30. The molecular weight excluding hydrogens is 472 g/mol. The number of halogens is 1. The van der Waals surface area contributed by atoms with Gasteiger partial charge in [-0.3, -0.25) is 4.79 Å². The predicted octanol–water partition coefficient (Wildman–Crippen LogP) is 2.23. The first-order chi connectivity index (χ1) is 15.7. The summed E-state index contributed by atoms with van der Waals surface area (Å²) in [6, 6.07) is 10.6. The Morgan fingerprint density at radius 1 is 1.15 bits per heavy atom. The monoisotopic (exact) mass is 496 g/mol. The van der Waals surface area contributed by atoms with Gasteiger partial charge in [0.2, 0.25) is 10.0 Å². The normalized spacial score (nSPS) is 15.1. The number of methoxy groups -OCH3 is 1. The van der Waals surface area contributed by atoms with E-state index in [9.17, 15) is 18.0 Å². The zero-order valence-corrected chi connectivity index (χ0v) is 19.8. The number of esters is 1. The molecule has 0 aromatic heterocycles. The van der Waals surface area contributed by atoms with Crippen LogP contribution in [0.4, 0.5) is 0 Å². The lowest BCUT2D eigenvalue weighted by molar-refractivity contribution is -0.143. The number of nitrogens with one attached hydrogen (secondary N) is 1. The van der Waals surface area contributed by atoms with Crippen LogP contribution in [0.15, 0.2) is 47.4 Å². The second-order valence-corrected chi connectivity index (χ2v) is 9.47. The maximum atomic E-state index is 12.9. The molecule has 178 valence electrons. The van der Waals surface area contributed by atoms with Gasteiger partial charge in [0.15, 0.2) is 6.10 Å². The van der Waals surface area contributed by atoms with E-state index in [-0.39, 0.29) is 28.7 Å². The van der Waals surface area contributed by atoms with E-state index in [1.165, 1.54) is 26.2 Å². The van der Waals surface area contributed by atoms with Crippen LogP contribution in [0.1, 0.15) is 22.8 Å². The largest absolute Gasteiger partial charge is 0.495 e. The molecule has 1 aliphatic rings. The molecule has 1 aliphatic heterocycles. The van der Waals surface area contributed by atoms with Gasteiger partial charge in [-0.1, -0.05) is 23.7 Å². The number of carbonyl (C=O) groups is 2. The molecule has 11 heteroatoms. The number of carbonyl (C=O) groups excluding carboxylic acids is 2. The van der Waals surface area contributed by atoms with Gasteiger partial charge >= 0.3 is 5.97 Å². The van der Waals surface area contributed by atoms with E-state index >= 15 is 0 Å². The third-order valence-electron chi connectivity index (χ3n) is 5.02. The molecule has 1 heterocycles. The average Bonchev–Trinajstić information content (AvgIpc) is 2.83. The van der Waals surface area contributed by atoms with E-state index in [0.29, 0.717) is 36.9 Å². The molecule has 1 atom stereocenters. The second kappa shape index (κ2) is 11.0. The van der Waals surface area contributed by atoms with Crippen molar-refractivity contribution in [2.24, 2.45) is 0 Å². The lowest BCUT2D eigenvalue weighted by Gasteiger charge is -2.29. The van der Waals surface area contributed by atoms with Gasteiger partial charge in [-0.25, -0.2) is 17.9 Å². The molecule has 1 saturated heterocycles. The fourth-order valence-electron chi connectivity index (χ4n) is 3.19. The Morgan fingerprint density at radius 3 is 2.45 bits per heavy atom. The summed E-state index contributed by atoms with van der Waals surface area (Å²) in [5, 5.41) is 0.538. The molecule has 0 aliphatic carbocycles. The first-order valence-electron chi connectivity index (χ1n) is 10.2. The Balaban J connectivity index is 1.74. The van der Waals surface area contributed by atoms with Gasteiger partial charge in [-0.15, -0.1) is 0 Å². The standard InChI is InChI=1S/C22H25ClN2O7S/c1-15(21(26)25-9-11-31-12-10-25)32-22(27)17-5-8-19(30-2)20(13-17)33(28,29)24-14-16-3-6-18(23)7-4-16/h3-8,13,15,24H,9-12,14H2,1-2H3. The van der Waals surface area contributed by atoms with Crippen molar-refractivity contribution in [2.75, 3.05) is 33.4 Å². The van der Waals surface area contributed by atoms with Crippen molar-refractivity contribution in [1.29, 1.82) is 0 Å². The molecule has 3 rings (SSSR count). The molecule has 2 aromatic carbocycles. The predicted molar refractivity (Wildman–Crippen MR) is 121 cm³/mol. The molecular formula is C22H25ClN2O7S. The van der Waals surface area contributed by atoms with Crippen molar-refractivity contribution in [1.82, 2.24) is 9.62 Å². The van der Waals surface area contributed by atoms with Crippen molar-refractivity contribution < 1.29 is 32.2 Å². The van der Waals surface area contributed by atoms with Crippen LogP contribution in [-0.2, 0) is 30.8 Å². The minimum absolute atomic E-state index is 0.0163. The van der Waals surface area contributed by atoms with Crippen molar-refractivity contribution in [3.05, 3.63) is 58.6 Å². The van der Waals surface area contributed by atoms with Crippen molar-refractivity contribution in [3.8, 4) is 5.75 Å².